The Kier molecular flexibility index (Phi) is 3.89. The number of nitrogens with two attached hydrogens (primary N) is 1. The lowest BCUT2D eigenvalue weighted by molar-refractivity contribution is 0.305. The van der Waals surface area contributed by atoms with Crippen LogP contribution in [0.1, 0.15) is 5.56 Å². The predicted octanol–water partition coefficient (Wildman–Crippen LogP) is 2.90. The smallest absolute Gasteiger partial charge is 0.141 e. The van der Waals surface area contributed by atoms with E-state index in [1.54, 1.807) is 25.6 Å². The molecule has 2 aromatic rings. The molecule has 0 spiro atoms. The molecule has 0 fully saturated rings. The third-order valence-corrected chi connectivity index (χ3v) is 2.59. The van der Waals surface area contributed by atoms with Crippen molar-refractivity contribution >= 4 is 17.3 Å². The van der Waals surface area contributed by atoms with E-state index in [0.29, 0.717) is 28.8 Å². The van der Waals surface area contributed by atoms with E-state index in [0.717, 1.165) is 5.56 Å². The van der Waals surface area contributed by atoms with Gasteiger partial charge in [-0.05, 0) is 17.7 Å². The molecule has 0 radical (unpaired) electrons. The van der Waals surface area contributed by atoms with Crippen LogP contribution in [0, 0.1) is 0 Å². The fourth-order valence-electron chi connectivity index (χ4n) is 1.51. The van der Waals surface area contributed by atoms with Crippen molar-refractivity contribution in [3.63, 3.8) is 0 Å². The van der Waals surface area contributed by atoms with Crippen LogP contribution in [0.25, 0.3) is 0 Å². The second-order valence-electron chi connectivity index (χ2n) is 3.70. The molecule has 0 saturated heterocycles. The summed E-state index contributed by atoms with van der Waals surface area (Å²) in [5.74, 6) is 1.28. The van der Waals surface area contributed by atoms with E-state index in [2.05, 4.69) is 4.98 Å². The van der Waals surface area contributed by atoms with Gasteiger partial charge in [0.25, 0.3) is 0 Å². The van der Waals surface area contributed by atoms with Gasteiger partial charge < -0.3 is 15.2 Å². The largest absolute Gasteiger partial charge is 0.495 e. The summed E-state index contributed by atoms with van der Waals surface area (Å²) in [6.07, 6.45) is 3.17. The minimum atomic E-state index is 0.399. The Morgan fingerprint density at radius 1 is 1.28 bits per heavy atom. The number of methoxy groups -OCH3 is 1. The molecule has 1 aromatic heterocycles. The second-order valence-corrected chi connectivity index (χ2v) is 4.14. The molecule has 0 aliphatic heterocycles. The Morgan fingerprint density at radius 3 is 2.78 bits per heavy atom. The SMILES string of the molecule is COc1ccc(COc2cncc(Cl)c2)cc1N. The third-order valence-electron chi connectivity index (χ3n) is 2.38. The van der Waals surface area contributed by atoms with Crippen molar-refractivity contribution in [3.05, 3.63) is 47.2 Å². The molecule has 0 aliphatic carbocycles. The molecule has 0 unspecified atom stereocenters. The summed E-state index contributed by atoms with van der Waals surface area (Å²) < 4.78 is 10.6. The Hall–Kier alpha value is -1.94. The molecule has 94 valence electrons. The first-order valence-corrected chi connectivity index (χ1v) is 5.72. The summed E-state index contributed by atoms with van der Waals surface area (Å²) in [6.45, 7) is 0.399. The number of nitrogen functional groups attached to an aromatic ring is 1. The number of anilines is 1. The van der Waals surface area contributed by atoms with Gasteiger partial charge in [-0.15, -0.1) is 0 Å². The van der Waals surface area contributed by atoms with Gasteiger partial charge in [0.2, 0.25) is 0 Å². The van der Waals surface area contributed by atoms with Crippen molar-refractivity contribution in [3.8, 4) is 11.5 Å². The molecule has 2 rings (SSSR count). The lowest BCUT2D eigenvalue weighted by atomic mass is 10.2. The Labute approximate surface area is 110 Å². The third kappa shape index (κ3) is 3.05. The number of hydrogen-bond acceptors (Lipinski definition) is 4. The van der Waals surface area contributed by atoms with E-state index in [1.807, 2.05) is 18.2 Å². The number of halogens is 1. The number of pyridine rings is 1. The van der Waals surface area contributed by atoms with Gasteiger partial charge in [-0.1, -0.05) is 17.7 Å². The van der Waals surface area contributed by atoms with E-state index in [4.69, 9.17) is 26.8 Å². The summed E-state index contributed by atoms with van der Waals surface area (Å²) in [5, 5.41) is 0.543. The van der Waals surface area contributed by atoms with Gasteiger partial charge in [-0.2, -0.15) is 0 Å². The zero-order valence-electron chi connectivity index (χ0n) is 9.89. The van der Waals surface area contributed by atoms with Crippen molar-refractivity contribution in [1.82, 2.24) is 4.98 Å². The molecule has 5 heteroatoms. The molecule has 18 heavy (non-hydrogen) atoms. The first-order valence-electron chi connectivity index (χ1n) is 5.35. The molecule has 0 atom stereocenters. The molecule has 1 heterocycles. The van der Waals surface area contributed by atoms with Crippen LogP contribution in [-0.4, -0.2) is 12.1 Å². The minimum absolute atomic E-state index is 0.399. The Morgan fingerprint density at radius 2 is 2.11 bits per heavy atom. The van der Waals surface area contributed by atoms with E-state index in [9.17, 15) is 0 Å². The zero-order valence-corrected chi connectivity index (χ0v) is 10.6. The van der Waals surface area contributed by atoms with Gasteiger partial charge in [0.15, 0.2) is 0 Å². The lowest BCUT2D eigenvalue weighted by Crippen LogP contribution is -1.98. The Bertz CT molecular complexity index is 546. The first-order chi connectivity index (χ1) is 8.69. The monoisotopic (exact) mass is 264 g/mol. The van der Waals surface area contributed by atoms with Crippen LogP contribution in [0.15, 0.2) is 36.7 Å². The normalized spacial score (nSPS) is 10.1. The van der Waals surface area contributed by atoms with Gasteiger partial charge in [0, 0.05) is 12.3 Å². The van der Waals surface area contributed by atoms with Crippen LogP contribution in [0.5, 0.6) is 11.5 Å². The number of hydrogen-bond donors (Lipinski definition) is 1. The maximum atomic E-state index is 5.81. The fourth-order valence-corrected chi connectivity index (χ4v) is 1.68. The van der Waals surface area contributed by atoms with Gasteiger partial charge in [0.05, 0.1) is 24.0 Å². The standard InChI is InChI=1S/C13H13ClN2O2/c1-17-13-3-2-9(4-12(13)15)8-18-11-5-10(14)6-16-7-11/h2-7H,8,15H2,1H3. The summed E-state index contributed by atoms with van der Waals surface area (Å²) >= 11 is 5.81. The molecule has 4 nitrogen and oxygen atoms in total. The highest BCUT2D eigenvalue weighted by Crippen LogP contribution is 2.23. The minimum Gasteiger partial charge on any atom is -0.495 e. The van der Waals surface area contributed by atoms with Gasteiger partial charge in [0.1, 0.15) is 18.1 Å². The van der Waals surface area contributed by atoms with Crippen molar-refractivity contribution in [2.75, 3.05) is 12.8 Å². The Balaban J connectivity index is 2.04. The molecular weight excluding hydrogens is 252 g/mol. The molecule has 0 amide bonds. The van der Waals surface area contributed by atoms with Crippen molar-refractivity contribution in [2.45, 2.75) is 6.61 Å². The van der Waals surface area contributed by atoms with Crippen LogP contribution in [-0.2, 0) is 6.61 Å². The average Bonchev–Trinajstić information content (AvgIpc) is 2.37. The number of aromatic nitrogens is 1. The van der Waals surface area contributed by atoms with Crippen LogP contribution in [0.2, 0.25) is 5.02 Å². The van der Waals surface area contributed by atoms with Crippen molar-refractivity contribution in [1.29, 1.82) is 0 Å². The van der Waals surface area contributed by atoms with Crippen LogP contribution >= 0.6 is 11.6 Å². The quantitative estimate of drug-likeness (QED) is 0.863. The molecule has 2 N–H and O–H groups in total. The topological polar surface area (TPSA) is 57.4 Å². The average molecular weight is 265 g/mol. The van der Waals surface area contributed by atoms with E-state index in [1.165, 1.54) is 0 Å². The molecule has 0 aliphatic rings. The maximum absolute atomic E-state index is 5.81. The van der Waals surface area contributed by atoms with Gasteiger partial charge >= 0.3 is 0 Å². The number of benzene rings is 1. The summed E-state index contributed by atoms with van der Waals surface area (Å²) in [6, 6.07) is 7.23. The molecule has 0 bridgehead atoms. The van der Waals surface area contributed by atoms with Gasteiger partial charge in [-0.3, -0.25) is 4.98 Å². The number of ether oxygens (including phenoxy) is 2. The second kappa shape index (κ2) is 5.60. The number of nitrogens with zero attached hydrogens (tertiary/aromatic N) is 1. The maximum Gasteiger partial charge on any atom is 0.141 e. The van der Waals surface area contributed by atoms with Crippen LogP contribution < -0.4 is 15.2 Å². The van der Waals surface area contributed by atoms with E-state index >= 15 is 0 Å². The van der Waals surface area contributed by atoms with Crippen molar-refractivity contribution in [2.24, 2.45) is 0 Å². The highest BCUT2D eigenvalue weighted by Gasteiger charge is 2.02. The first kappa shape index (κ1) is 12.5. The van der Waals surface area contributed by atoms with Crippen molar-refractivity contribution < 1.29 is 9.47 Å². The fraction of sp³-hybridized carbons (Fsp3) is 0.154. The highest BCUT2D eigenvalue weighted by molar-refractivity contribution is 6.30. The van der Waals surface area contributed by atoms with E-state index < -0.39 is 0 Å². The predicted molar refractivity (Wildman–Crippen MR) is 71.0 cm³/mol. The molecular formula is C13H13ClN2O2. The summed E-state index contributed by atoms with van der Waals surface area (Å²) in [5.41, 5.74) is 7.35. The summed E-state index contributed by atoms with van der Waals surface area (Å²) in [4.78, 5) is 3.94. The summed E-state index contributed by atoms with van der Waals surface area (Å²) in [7, 11) is 1.58. The van der Waals surface area contributed by atoms with E-state index in [-0.39, 0.29) is 0 Å². The lowest BCUT2D eigenvalue weighted by Gasteiger charge is -2.09. The van der Waals surface area contributed by atoms with Gasteiger partial charge in [-0.25, -0.2) is 0 Å². The van der Waals surface area contributed by atoms with Crippen LogP contribution in [0.4, 0.5) is 5.69 Å². The molecule has 1 aromatic carbocycles. The molecule has 0 saturated carbocycles. The highest BCUT2D eigenvalue weighted by atomic mass is 35.5. The number of rotatable bonds is 4. The zero-order chi connectivity index (χ0) is 13.0. The van der Waals surface area contributed by atoms with Crippen LogP contribution in [0.3, 0.4) is 0 Å².